The van der Waals surface area contributed by atoms with Gasteiger partial charge < -0.3 is 10.1 Å². The highest BCUT2D eigenvalue weighted by Crippen LogP contribution is 2.25. The van der Waals surface area contributed by atoms with Gasteiger partial charge in [0.05, 0.1) is 12.7 Å². The van der Waals surface area contributed by atoms with Crippen LogP contribution in [0.5, 0.6) is 0 Å². The Morgan fingerprint density at radius 1 is 0.885 bits per heavy atom. The van der Waals surface area contributed by atoms with Crippen LogP contribution < -0.4 is 5.32 Å². The van der Waals surface area contributed by atoms with E-state index in [-0.39, 0.29) is 5.91 Å². The molecule has 0 spiro atoms. The number of aryl methyl sites for hydroxylation is 1. The van der Waals surface area contributed by atoms with Crippen LogP contribution in [0, 0.1) is 6.92 Å². The summed E-state index contributed by atoms with van der Waals surface area (Å²) in [5.74, 6) is -0.598. The van der Waals surface area contributed by atoms with Crippen molar-refractivity contribution in [2.24, 2.45) is 0 Å². The number of amides is 1. The fourth-order valence-electron chi connectivity index (χ4n) is 2.79. The lowest BCUT2D eigenvalue weighted by Gasteiger charge is -2.12. The number of esters is 1. The third-order valence-electron chi connectivity index (χ3n) is 4.15. The summed E-state index contributed by atoms with van der Waals surface area (Å²) < 4.78 is 4.72. The van der Waals surface area contributed by atoms with Gasteiger partial charge in [0.2, 0.25) is 0 Å². The Morgan fingerprint density at radius 2 is 1.58 bits per heavy atom. The van der Waals surface area contributed by atoms with Crippen molar-refractivity contribution in [3.8, 4) is 11.1 Å². The normalized spacial score (nSPS) is 10.2. The summed E-state index contributed by atoms with van der Waals surface area (Å²) in [6.07, 6.45) is 0. The summed E-state index contributed by atoms with van der Waals surface area (Å²) in [5, 5.41) is 2.93. The maximum Gasteiger partial charge on any atom is 0.337 e. The molecule has 1 N–H and O–H groups in total. The molecule has 0 aliphatic carbocycles. The zero-order valence-corrected chi connectivity index (χ0v) is 14.7. The summed E-state index contributed by atoms with van der Waals surface area (Å²) in [6.45, 7) is 1.84. The number of carbonyl (C=O) groups is 2. The molecule has 3 aromatic carbocycles. The van der Waals surface area contributed by atoms with Crippen LogP contribution in [-0.4, -0.2) is 19.0 Å². The van der Waals surface area contributed by atoms with E-state index in [0.717, 1.165) is 16.7 Å². The number of nitrogens with one attached hydrogen (secondary N) is 1. The molecule has 1 amide bonds. The van der Waals surface area contributed by atoms with E-state index in [1.807, 2.05) is 55.5 Å². The first-order valence-electron chi connectivity index (χ1n) is 8.25. The number of carbonyl (C=O) groups excluding carboxylic acids is 2. The first kappa shape index (κ1) is 17.4. The van der Waals surface area contributed by atoms with Gasteiger partial charge in [0.15, 0.2) is 0 Å². The highest BCUT2D eigenvalue weighted by molar-refractivity contribution is 6.09. The van der Waals surface area contributed by atoms with Crippen molar-refractivity contribution in [2.75, 3.05) is 12.4 Å². The van der Waals surface area contributed by atoms with Gasteiger partial charge in [0.25, 0.3) is 5.91 Å². The van der Waals surface area contributed by atoms with Crippen LogP contribution >= 0.6 is 0 Å². The van der Waals surface area contributed by atoms with E-state index in [0.29, 0.717) is 16.8 Å². The summed E-state index contributed by atoms with van der Waals surface area (Å²) in [5.41, 5.74) is 4.34. The average Bonchev–Trinajstić information content (AvgIpc) is 2.69. The minimum absolute atomic E-state index is 0.196. The molecule has 0 bridgehead atoms. The molecule has 130 valence electrons. The van der Waals surface area contributed by atoms with Gasteiger partial charge in [-0.3, -0.25) is 4.79 Å². The van der Waals surface area contributed by atoms with Gasteiger partial charge in [-0.05, 0) is 47.9 Å². The predicted octanol–water partition coefficient (Wildman–Crippen LogP) is 4.70. The van der Waals surface area contributed by atoms with Gasteiger partial charge >= 0.3 is 5.97 Å². The fraction of sp³-hybridized carbons (Fsp3) is 0.0909. The van der Waals surface area contributed by atoms with E-state index in [4.69, 9.17) is 4.74 Å². The van der Waals surface area contributed by atoms with E-state index in [9.17, 15) is 9.59 Å². The zero-order chi connectivity index (χ0) is 18.5. The molecule has 3 rings (SSSR count). The average molecular weight is 345 g/mol. The van der Waals surface area contributed by atoms with E-state index in [1.165, 1.54) is 7.11 Å². The van der Waals surface area contributed by atoms with Crippen molar-refractivity contribution in [3.05, 3.63) is 89.5 Å². The summed E-state index contributed by atoms with van der Waals surface area (Å²) >= 11 is 0. The summed E-state index contributed by atoms with van der Waals surface area (Å²) in [7, 11) is 1.34. The minimum atomic E-state index is -0.402. The number of ether oxygens (including phenoxy) is 1. The standard InChI is InChI=1S/C22H19NO3/c1-15-14-17(22(25)26-2)12-13-20(15)23-21(24)19-11-7-6-10-18(19)16-8-4-3-5-9-16/h3-14H,1-2H3,(H,23,24). The van der Waals surface area contributed by atoms with E-state index < -0.39 is 5.97 Å². The van der Waals surface area contributed by atoms with Crippen molar-refractivity contribution >= 4 is 17.6 Å². The molecule has 0 unspecified atom stereocenters. The predicted molar refractivity (Wildman–Crippen MR) is 102 cm³/mol. The van der Waals surface area contributed by atoms with Crippen LogP contribution in [-0.2, 0) is 4.74 Å². The molecule has 3 aromatic rings. The zero-order valence-electron chi connectivity index (χ0n) is 14.7. The molecule has 4 heteroatoms. The van der Waals surface area contributed by atoms with Crippen molar-refractivity contribution in [3.63, 3.8) is 0 Å². The van der Waals surface area contributed by atoms with Crippen LogP contribution in [0.1, 0.15) is 26.3 Å². The van der Waals surface area contributed by atoms with E-state index >= 15 is 0 Å². The largest absolute Gasteiger partial charge is 0.465 e. The monoisotopic (exact) mass is 345 g/mol. The molecule has 0 aliphatic heterocycles. The molecular formula is C22H19NO3. The molecule has 0 heterocycles. The number of benzene rings is 3. The van der Waals surface area contributed by atoms with Gasteiger partial charge in [0, 0.05) is 11.3 Å². The maximum atomic E-state index is 12.8. The minimum Gasteiger partial charge on any atom is -0.465 e. The number of anilines is 1. The second-order valence-electron chi connectivity index (χ2n) is 5.89. The lowest BCUT2D eigenvalue weighted by molar-refractivity contribution is 0.0600. The molecule has 0 aliphatic rings. The molecule has 4 nitrogen and oxygen atoms in total. The lowest BCUT2D eigenvalue weighted by Crippen LogP contribution is -2.14. The van der Waals surface area contributed by atoms with Gasteiger partial charge in [-0.15, -0.1) is 0 Å². The van der Waals surface area contributed by atoms with Crippen molar-refractivity contribution in [1.29, 1.82) is 0 Å². The quantitative estimate of drug-likeness (QED) is 0.697. The van der Waals surface area contributed by atoms with Crippen molar-refractivity contribution < 1.29 is 14.3 Å². The van der Waals surface area contributed by atoms with Gasteiger partial charge in [-0.1, -0.05) is 48.5 Å². The van der Waals surface area contributed by atoms with Crippen molar-refractivity contribution in [1.82, 2.24) is 0 Å². The number of rotatable bonds is 4. The Morgan fingerprint density at radius 3 is 2.27 bits per heavy atom. The molecule has 0 saturated heterocycles. The number of hydrogen-bond acceptors (Lipinski definition) is 3. The Balaban J connectivity index is 1.89. The Hall–Kier alpha value is -3.40. The van der Waals surface area contributed by atoms with Crippen LogP contribution in [0.15, 0.2) is 72.8 Å². The SMILES string of the molecule is COC(=O)c1ccc(NC(=O)c2ccccc2-c2ccccc2)c(C)c1. The first-order chi connectivity index (χ1) is 12.6. The first-order valence-corrected chi connectivity index (χ1v) is 8.25. The molecule has 0 fully saturated rings. The Labute approximate surface area is 152 Å². The Bertz CT molecular complexity index is 949. The van der Waals surface area contributed by atoms with Crippen LogP contribution in [0.25, 0.3) is 11.1 Å². The smallest absolute Gasteiger partial charge is 0.337 e. The number of hydrogen-bond donors (Lipinski definition) is 1. The second-order valence-corrected chi connectivity index (χ2v) is 5.89. The van der Waals surface area contributed by atoms with Crippen LogP contribution in [0.2, 0.25) is 0 Å². The van der Waals surface area contributed by atoms with E-state index in [1.54, 1.807) is 24.3 Å². The summed E-state index contributed by atoms with van der Waals surface area (Å²) in [6, 6.07) is 22.3. The second kappa shape index (κ2) is 7.66. The highest BCUT2D eigenvalue weighted by Gasteiger charge is 2.14. The molecular weight excluding hydrogens is 326 g/mol. The van der Waals surface area contributed by atoms with Gasteiger partial charge in [0.1, 0.15) is 0 Å². The highest BCUT2D eigenvalue weighted by atomic mass is 16.5. The molecule has 0 radical (unpaired) electrons. The number of methoxy groups -OCH3 is 1. The van der Waals surface area contributed by atoms with Crippen LogP contribution in [0.4, 0.5) is 5.69 Å². The summed E-state index contributed by atoms with van der Waals surface area (Å²) in [4.78, 5) is 24.4. The fourth-order valence-corrected chi connectivity index (χ4v) is 2.79. The van der Waals surface area contributed by atoms with Crippen LogP contribution in [0.3, 0.4) is 0 Å². The topological polar surface area (TPSA) is 55.4 Å². The molecule has 0 aromatic heterocycles. The third kappa shape index (κ3) is 3.64. The maximum absolute atomic E-state index is 12.8. The van der Waals surface area contributed by atoms with Gasteiger partial charge in [-0.25, -0.2) is 4.79 Å². The molecule has 26 heavy (non-hydrogen) atoms. The van der Waals surface area contributed by atoms with Gasteiger partial charge in [-0.2, -0.15) is 0 Å². The Kier molecular flexibility index (Phi) is 5.13. The molecule has 0 saturated carbocycles. The molecule has 0 atom stereocenters. The lowest BCUT2D eigenvalue weighted by atomic mass is 9.99. The van der Waals surface area contributed by atoms with Crippen molar-refractivity contribution in [2.45, 2.75) is 6.92 Å². The third-order valence-corrected chi connectivity index (χ3v) is 4.15. The van der Waals surface area contributed by atoms with E-state index in [2.05, 4.69) is 5.32 Å².